The van der Waals surface area contributed by atoms with Crippen LogP contribution in [-0.4, -0.2) is 56.9 Å². The van der Waals surface area contributed by atoms with Gasteiger partial charge in [0.2, 0.25) is 10.0 Å². The molecule has 0 saturated carbocycles. The van der Waals surface area contributed by atoms with Gasteiger partial charge in [-0.15, -0.1) is 11.3 Å². The molecule has 1 unspecified atom stereocenters. The van der Waals surface area contributed by atoms with E-state index in [-0.39, 0.29) is 6.10 Å². The molecule has 0 aliphatic carbocycles. The Hall–Kier alpha value is -0.540. The highest BCUT2D eigenvalue weighted by Crippen LogP contribution is 2.20. The van der Waals surface area contributed by atoms with Crippen molar-refractivity contribution in [3.8, 4) is 0 Å². The quantitative estimate of drug-likeness (QED) is 0.807. The van der Waals surface area contributed by atoms with E-state index < -0.39 is 10.0 Å². The Labute approximate surface area is 136 Å². The first-order chi connectivity index (χ1) is 10.3. The molecule has 6 nitrogen and oxygen atoms in total. The summed E-state index contributed by atoms with van der Waals surface area (Å²) >= 11 is 1.71. The molecular weight excluding hydrogens is 322 g/mol. The molecule has 22 heavy (non-hydrogen) atoms. The number of aromatic nitrogens is 1. The van der Waals surface area contributed by atoms with Crippen LogP contribution in [0.25, 0.3) is 0 Å². The minimum absolute atomic E-state index is 0.0764. The highest BCUT2D eigenvalue weighted by atomic mass is 32.2. The van der Waals surface area contributed by atoms with E-state index in [4.69, 9.17) is 4.74 Å². The number of sulfonamides is 1. The monoisotopic (exact) mass is 347 g/mol. The zero-order chi connectivity index (χ0) is 16.2. The Morgan fingerprint density at radius 1 is 1.55 bits per heavy atom. The number of thiazole rings is 1. The number of rotatable bonds is 7. The summed E-state index contributed by atoms with van der Waals surface area (Å²) in [5.41, 5.74) is 1.15. The van der Waals surface area contributed by atoms with Gasteiger partial charge in [0.15, 0.2) is 0 Å². The molecule has 8 heteroatoms. The summed E-state index contributed by atoms with van der Waals surface area (Å²) in [7, 11) is -3.12. The van der Waals surface area contributed by atoms with Crippen LogP contribution < -0.4 is 4.72 Å². The lowest BCUT2D eigenvalue weighted by atomic mass is 10.2. The second-order valence-electron chi connectivity index (χ2n) is 6.00. The Balaban J connectivity index is 1.79. The van der Waals surface area contributed by atoms with Gasteiger partial charge >= 0.3 is 0 Å². The van der Waals surface area contributed by atoms with Crippen molar-refractivity contribution < 1.29 is 13.2 Å². The number of ether oxygens (including phenoxy) is 1. The molecule has 1 atom stereocenters. The first-order valence-electron chi connectivity index (χ1n) is 7.56. The number of morpholine rings is 1. The van der Waals surface area contributed by atoms with Crippen molar-refractivity contribution >= 4 is 21.4 Å². The fourth-order valence-corrected chi connectivity index (χ4v) is 3.84. The van der Waals surface area contributed by atoms with Crippen LogP contribution in [0.5, 0.6) is 0 Å². The molecule has 1 aliphatic heterocycles. The van der Waals surface area contributed by atoms with Crippen LogP contribution in [0, 0.1) is 0 Å². The maximum Gasteiger partial charge on any atom is 0.208 e. The van der Waals surface area contributed by atoms with Gasteiger partial charge in [0.05, 0.1) is 31.2 Å². The van der Waals surface area contributed by atoms with Gasteiger partial charge in [-0.2, -0.15) is 0 Å². The van der Waals surface area contributed by atoms with Crippen LogP contribution in [0.2, 0.25) is 0 Å². The van der Waals surface area contributed by atoms with Gasteiger partial charge in [0, 0.05) is 25.0 Å². The molecule has 1 saturated heterocycles. The lowest BCUT2D eigenvalue weighted by molar-refractivity contribution is -0.0339. The van der Waals surface area contributed by atoms with Crippen molar-refractivity contribution in [2.75, 3.05) is 32.5 Å². The SMILES string of the molecule is CC(C)c1csc(CN2CCOC(CCNS(C)(=O)=O)C2)n1. The zero-order valence-electron chi connectivity index (χ0n) is 13.4. The normalized spacial score (nSPS) is 20.6. The van der Waals surface area contributed by atoms with E-state index >= 15 is 0 Å². The third kappa shape index (κ3) is 5.92. The summed E-state index contributed by atoms with van der Waals surface area (Å²) in [5, 5.41) is 3.27. The van der Waals surface area contributed by atoms with E-state index in [1.165, 1.54) is 6.26 Å². The average molecular weight is 348 g/mol. The molecular formula is C14H25N3O3S2. The van der Waals surface area contributed by atoms with Gasteiger partial charge in [-0.3, -0.25) is 4.90 Å². The lowest BCUT2D eigenvalue weighted by Gasteiger charge is -2.32. The Morgan fingerprint density at radius 3 is 2.95 bits per heavy atom. The fourth-order valence-electron chi connectivity index (χ4n) is 2.36. The average Bonchev–Trinajstić information content (AvgIpc) is 2.86. The third-order valence-corrected chi connectivity index (χ3v) is 5.15. The van der Waals surface area contributed by atoms with Gasteiger partial charge < -0.3 is 4.74 Å². The van der Waals surface area contributed by atoms with Crippen molar-refractivity contribution in [1.82, 2.24) is 14.6 Å². The summed E-state index contributed by atoms with van der Waals surface area (Å²) < 4.78 is 30.4. The molecule has 0 radical (unpaired) electrons. The summed E-state index contributed by atoms with van der Waals surface area (Å²) in [6.45, 7) is 7.97. The molecule has 0 bridgehead atoms. The lowest BCUT2D eigenvalue weighted by Crippen LogP contribution is -2.43. The number of hydrogen-bond donors (Lipinski definition) is 1. The molecule has 1 aromatic rings. The van der Waals surface area contributed by atoms with Gasteiger partial charge in [-0.1, -0.05) is 13.8 Å². The molecule has 126 valence electrons. The van der Waals surface area contributed by atoms with E-state index in [0.717, 1.165) is 30.3 Å². The minimum Gasteiger partial charge on any atom is -0.376 e. The largest absolute Gasteiger partial charge is 0.376 e. The van der Waals surface area contributed by atoms with Crippen LogP contribution >= 0.6 is 11.3 Å². The first kappa shape index (κ1) is 17.8. The molecule has 0 spiro atoms. The van der Waals surface area contributed by atoms with E-state index in [2.05, 4.69) is 33.8 Å². The highest BCUT2D eigenvalue weighted by Gasteiger charge is 2.21. The third-order valence-electron chi connectivity index (χ3n) is 3.57. The summed E-state index contributed by atoms with van der Waals surface area (Å²) in [6.07, 6.45) is 1.95. The zero-order valence-corrected chi connectivity index (χ0v) is 15.0. The van der Waals surface area contributed by atoms with Crippen LogP contribution in [-0.2, 0) is 21.3 Å². The van der Waals surface area contributed by atoms with E-state index in [0.29, 0.717) is 25.5 Å². The predicted molar refractivity (Wildman–Crippen MR) is 88.7 cm³/mol. The summed E-state index contributed by atoms with van der Waals surface area (Å²) in [4.78, 5) is 7.00. The van der Waals surface area contributed by atoms with E-state index in [9.17, 15) is 8.42 Å². The van der Waals surface area contributed by atoms with E-state index in [1.807, 2.05) is 0 Å². The Bertz CT molecular complexity index is 572. The summed E-state index contributed by atoms with van der Waals surface area (Å²) in [6, 6.07) is 0. The van der Waals surface area contributed by atoms with Crippen molar-refractivity contribution in [2.45, 2.75) is 38.8 Å². The van der Waals surface area contributed by atoms with Gasteiger partial charge in [-0.25, -0.2) is 18.1 Å². The molecule has 0 aromatic carbocycles. The first-order valence-corrected chi connectivity index (χ1v) is 10.3. The Morgan fingerprint density at radius 2 is 2.32 bits per heavy atom. The molecule has 1 N–H and O–H groups in total. The smallest absolute Gasteiger partial charge is 0.208 e. The number of nitrogens with zero attached hydrogens (tertiary/aromatic N) is 2. The van der Waals surface area contributed by atoms with Crippen LogP contribution in [0.4, 0.5) is 0 Å². The standard InChI is InChI=1S/C14H25N3O3S2/c1-11(2)13-10-21-14(16-13)9-17-6-7-20-12(8-17)4-5-15-22(3,18)19/h10-12,15H,4-9H2,1-3H3. The molecule has 0 amide bonds. The van der Waals surface area contributed by atoms with Crippen molar-refractivity contribution in [3.05, 3.63) is 16.1 Å². The highest BCUT2D eigenvalue weighted by molar-refractivity contribution is 7.88. The topological polar surface area (TPSA) is 71.5 Å². The van der Waals surface area contributed by atoms with Crippen LogP contribution in [0.1, 0.15) is 36.9 Å². The fraction of sp³-hybridized carbons (Fsp3) is 0.786. The second-order valence-corrected chi connectivity index (χ2v) is 8.78. The van der Waals surface area contributed by atoms with Crippen LogP contribution in [0.15, 0.2) is 5.38 Å². The predicted octanol–water partition coefficient (Wildman–Crippen LogP) is 1.41. The van der Waals surface area contributed by atoms with Crippen molar-refractivity contribution in [2.24, 2.45) is 0 Å². The van der Waals surface area contributed by atoms with Gasteiger partial charge in [0.1, 0.15) is 5.01 Å². The second kappa shape index (κ2) is 7.83. The molecule has 1 aliphatic rings. The molecule has 1 fully saturated rings. The maximum atomic E-state index is 11.1. The molecule has 2 heterocycles. The maximum absolute atomic E-state index is 11.1. The minimum atomic E-state index is -3.12. The van der Waals surface area contributed by atoms with Gasteiger partial charge in [-0.05, 0) is 12.3 Å². The summed E-state index contributed by atoms with van der Waals surface area (Å²) in [5.74, 6) is 0.463. The van der Waals surface area contributed by atoms with Crippen LogP contribution in [0.3, 0.4) is 0 Å². The van der Waals surface area contributed by atoms with Gasteiger partial charge in [0.25, 0.3) is 0 Å². The van der Waals surface area contributed by atoms with Crippen molar-refractivity contribution in [1.29, 1.82) is 0 Å². The number of nitrogens with one attached hydrogen (secondary N) is 1. The molecule has 1 aromatic heterocycles. The number of hydrogen-bond acceptors (Lipinski definition) is 6. The van der Waals surface area contributed by atoms with E-state index in [1.54, 1.807) is 11.3 Å². The molecule has 2 rings (SSSR count). The van der Waals surface area contributed by atoms with Crippen molar-refractivity contribution in [3.63, 3.8) is 0 Å². The Kier molecular flexibility index (Phi) is 6.34.